The normalized spacial score (nSPS) is 30.3. The summed E-state index contributed by atoms with van der Waals surface area (Å²) >= 11 is 3.38. The first-order valence-corrected chi connectivity index (χ1v) is 12.4. The molecule has 4 aliphatic carbocycles. The van der Waals surface area contributed by atoms with E-state index in [0.29, 0.717) is 34.4 Å². The summed E-state index contributed by atoms with van der Waals surface area (Å²) < 4.78 is 7.87. The third-order valence-corrected chi connectivity index (χ3v) is 7.93. The molecule has 4 saturated carbocycles. The second-order valence-electron chi connectivity index (χ2n) is 9.94. The van der Waals surface area contributed by atoms with Crippen molar-refractivity contribution in [3.05, 3.63) is 40.9 Å². The molecule has 1 aromatic carbocycles. The zero-order valence-electron chi connectivity index (χ0n) is 18.3. The van der Waals surface area contributed by atoms with Crippen LogP contribution in [0.1, 0.15) is 68.6 Å². The number of anilines is 1. The number of hydrogen-bond acceptors (Lipinski definition) is 5. The van der Waals surface area contributed by atoms with Gasteiger partial charge in [-0.3, -0.25) is 4.79 Å². The number of aromatic nitrogens is 3. The van der Waals surface area contributed by atoms with E-state index in [9.17, 15) is 9.59 Å². The van der Waals surface area contributed by atoms with Crippen LogP contribution in [0.4, 0.5) is 5.69 Å². The Morgan fingerprint density at radius 1 is 1.19 bits per heavy atom. The molecule has 0 spiro atoms. The molecule has 0 unspecified atom stereocenters. The highest BCUT2D eigenvalue weighted by Gasteiger charge is 2.61. The summed E-state index contributed by atoms with van der Waals surface area (Å²) in [4.78, 5) is 30.0. The van der Waals surface area contributed by atoms with E-state index in [1.807, 2.05) is 4.68 Å². The lowest BCUT2D eigenvalue weighted by atomic mass is 9.46. The minimum absolute atomic E-state index is 0.0911. The first-order valence-electron chi connectivity index (χ1n) is 11.6. The molecule has 4 bridgehead atoms. The predicted octanol–water partition coefficient (Wildman–Crippen LogP) is 4.93. The smallest absolute Gasteiger partial charge is 0.338 e. The summed E-state index contributed by atoms with van der Waals surface area (Å²) in [5.74, 6) is 0.863. The van der Waals surface area contributed by atoms with E-state index in [1.165, 1.54) is 6.42 Å². The number of esters is 1. The molecule has 0 radical (unpaired) electrons. The van der Waals surface area contributed by atoms with Gasteiger partial charge in [-0.2, -0.15) is 0 Å². The van der Waals surface area contributed by atoms with Gasteiger partial charge in [-0.15, -0.1) is 5.10 Å². The predicted molar refractivity (Wildman–Crippen MR) is 123 cm³/mol. The number of rotatable bonds is 7. The molecule has 4 aliphatic rings. The Morgan fingerprint density at radius 2 is 1.91 bits per heavy atom. The van der Waals surface area contributed by atoms with E-state index in [0.717, 1.165) is 44.9 Å². The van der Waals surface area contributed by atoms with Gasteiger partial charge in [-0.1, -0.05) is 13.3 Å². The maximum absolute atomic E-state index is 13.6. The van der Waals surface area contributed by atoms with Crippen LogP contribution in [-0.4, -0.2) is 33.2 Å². The molecule has 6 rings (SSSR count). The zero-order chi connectivity index (χ0) is 22.3. The summed E-state index contributed by atoms with van der Waals surface area (Å²) in [6, 6.07) is 7.02. The number of amides is 1. The Morgan fingerprint density at radius 3 is 2.53 bits per heavy atom. The highest BCUT2D eigenvalue weighted by molar-refractivity contribution is 9.10. The largest absolute Gasteiger partial charge is 0.462 e. The van der Waals surface area contributed by atoms with Crippen molar-refractivity contribution in [2.45, 2.75) is 63.8 Å². The fourth-order valence-corrected chi connectivity index (χ4v) is 6.83. The average molecular weight is 501 g/mol. The fourth-order valence-electron chi connectivity index (χ4n) is 6.57. The molecule has 2 aromatic rings. The van der Waals surface area contributed by atoms with E-state index in [2.05, 4.69) is 38.3 Å². The Labute approximate surface area is 196 Å². The molecule has 2 atom stereocenters. The Kier molecular flexibility index (Phi) is 5.60. The molecule has 170 valence electrons. The van der Waals surface area contributed by atoms with Gasteiger partial charge in [-0.25, -0.2) is 14.5 Å². The molecule has 1 N–H and O–H groups in total. The van der Waals surface area contributed by atoms with Crippen molar-refractivity contribution in [2.75, 3.05) is 11.9 Å². The highest BCUT2D eigenvalue weighted by atomic mass is 79.9. The van der Waals surface area contributed by atoms with Crippen LogP contribution < -0.4 is 5.32 Å². The van der Waals surface area contributed by atoms with Crippen molar-refractivity contribution in [1.29, 1.82) is 0 Å². The van der Waals surface area contributed by atoms with Gasteiger partial charge in [-0.05, 0) is 97.0 Å². The molecular formula is C24H29BrN4O3. The lowest BCUT2D eigenvalue weighted by Crippen LogP contribution is -2.60. The lowest BCUT2D eigenvalue weighted by molar-refractivity contribution is -0.150. The Balaban J connectivity index is 1.31. The van der Waals surface area contributed by atoms with Gasteiger partial charge in [0.05, 0.1) is 23.1 Å². The molecule has 1 heterocycles. The van der Waals surface area contributed by atoms with Gasteiger partial charge in [0, 0.05) is 5.69 Å². The summed E-state index contributed by atoms with van der Waals surface area (Å²) in [6.45, 7) is 2.49. The highest BCUT2D eigenvalue weighted by Crippen LogP contribution is 2.64. The van der Waals surface area contributed by atoms with E-state index < -0.39 is 0 Å². The second kappa shape index (κ2) is 8.28. The molecule has 8 heteroatoms. The van der Waals surface area contributed by atoms with Gasteiger partial charge in [0.25, 0.3) is 0 Å². The fraction of sp³-hybridized carbons (Fsp3) is 0.583. The van der Waals surface area contributed by atoms with Crippen LogP contribution in [0.2, 0.25) is 0 Å². The van der Waals surface area contributed by atoms with Crippen LogP contribution >= 0.6 is 15.9 Å². The minimum Gasteiger partial charge on any atom is -0.462 e. The molecule has 7 nitrogen and oxygen atoms in total. The maximum Gasteiger partial charge on any atom is 0.338 e. The van der Waals surface area contributed by atoms with Gasteiger partial charge in [0.15, 0.2) is 0 Å². The van der Waals surface area contributed by atoms with Crippen LogP contribution in [0.5, 0.6) is 0 Å². The van der Waals surface area contributed by atoms with Gasteiger partial charge >= 0.3 is 5.97 Å². The van der Waals surface area contributed by atoms with Crippen molar-refractivity contribution in [3.63, 3.8) is 0 Å². The van der Waals surface area contributed by atoms with Crippen LogP contribution in [0.3, 0.4) is 0 Å². The van der Waals surface area contributed by atoms with Crippen LogP contribution in [0.15, 0.2) is 35.3 Å². The van der Waals surface area contributed by atoms with Crippen molar-refractivity contribution in [2.24, 2.45) is 17.3 Å². The van der Waals surface area contributed by atoms with E-state index in [4.69, 9.17) is 4.74 Å². The molecule has 32 heavy (non-hydrogen) atoms. The first-order chi connectivity index (χ1) is 15.4. The van der Waals surface area contributed by atoms with Gasteiger partial charge < -0.3 is 10.1 Å². The summed E-state index contributed by atoms with van der Waals surface area (Å²) in [7, 11) is 0. The summed E-state index contributed by atoms with van der Waals surface area (Å²) in [5, 5.41) is 7.72. The van der Waals surface area contributed by atoms with Crippen molar-refractivity contribution >= 4 is 33.5 Å². The number of carbonyl (C=O) groups is 2. The minimum atomic E-state index is -0.375. The van der Waals surface area contributed by atoms with E-state index in [-0.39, 0.29) is 22.8 Å². The van der Waals surface area contributed by atoms with Crippen LogP contribution in [-0.2, 0) is 15.1 Å². The summed E-state index contributed by atoms with van der Waals surface area (Å²) in [5.41, 5.74) is 0.727. The quantitative estimate of drug-likeness (QED) is 0.430. The van der Waals surface area contributed by atoms with Crippen molar-refractivity contribution in [1.82, 2.24) is 14.8 Å². The maximum atomic E-state index is 13.6. The first kappa shape index (κ1) is 21.6. The number of unbranched alkanes of at least 4 members (excludes halogenated alkanes) is 1. The number of benzene rings is 1. The van der Waals surface area contributed by atoms with Gasteiger partial charge in [0.1, 0.15) is 6.33 Å². The Bertz CT molecular complexity index is 1000. The average Bonchev–Trinajstić information content (AvgIpc) is 3.21. The van der Waals surface area contributed by atoms with Crippen molar-refractivity contribution < 1.29 is 14.3 Å². The standard InChI is InChI=1S/C24H29BrN4O3/c1-2-3-8-32-20(30)18-4-6-19(7-5-18)27-21(31)23-10-16-9-17(11-23)13-24(12-16,14-23)29-15-26-22(25)28-29/h4-7,15-17H,2-3,8-14H2,1H3,(H,27,31)/t16-,17-,23?,24?/m0/s1. The number of nitrogens with one attached hydrogen (secondary N) is 1. The third-order valence-electron chi connectivity index (χ3n) is 7.57. The van der Waals surface area contributed by atoms with Crippen molar-refractivity contribution in [3.8, 4) is 0 Å². The Hall–Kier alpha value is -2.22. The van der Waals surface area contributed by atoms with Crippen LogP contribution in [0, 0.1) is 17.3 Å². The van der Waals surface area contributed by atoms with E-state index >= 15 is 0 Å². The molecule has 0 saturated heterocycles. The lowest BCUT2D eigenvalue weighted by Gasteiger charge is -2.60. The third kappa shape index (κ3) is 3.87. The second-order valence-corrected chi connectivity index (χ2v) is 10.7. The summed E-state index contributed by atoms with van der Waals surface area (Å²) in [6.07, 6.45) is 9.68. The van der Waals surface area contributed by atoms with E-state index in [1.54, 1.807) is 30.6 Å². The van der Waals surface area contributed by atoms with Crippen LogP contribution in [0.25, 0.3) is 0 Å². The number of hydrogen-bond donors (Lipinski definition) is 1. The topological polar surface area (TPSA) is 86.1 Å². The molecule has 1 amide bonds. The number of ether oxygens (including phenoxy) is 1. The molecular weight excluding hydrogens is 472 g/mol. The van der Waals surface area contributed by atoms with Gasteiger partial charge in [0.2, 0.25) is 10.6 Å². The number of nitrogens with zero attached hydrogens (tertiary/aromatic N) is 3. The molecule has 4 fully saturated rings. The zero-order valence-corrected chi connectivity index (χ0v) is 19.9. The molecule has 1 aromatic heterocycles. The molecule has 0 aliphatic heterocycles. The SMILES string of the molecule is CCCCOC(=O)c1ccc(NC(=O)C23C[C@@H]4C[C@@H](C2)CC(n2cnc(Br)n2)(C4)C3)cc1. The number of halogens is 1. The number of carbonyl (C=O) groups excluding carboxylic acids is 2. The monoisotopic (exact) mass is 500 g/mol.